The molecule has 0 aromatic carbocycles. The van der Waals surface area contributed by atoms with Gasteiger partial charge in [0.15, 0.2) is 0 Å². The molecule has 1 atom stereocenters. The van der Waals surface area contributed by atoms with Crippen molar-refractivity contribution in [3.05, 3.63) is 20.8 Å². The molecule has 3 nitrogen and oxygen atoms in total. The number of hydrogen-bond acceptors (Lipinski definition) is 4. The highest BCUT2D eigenvalue weighted by Gasteiger charge is 2.43. The zero-order valence-electron chi connectivity index (χ0n) is 10.9. The maximum Gasteiger partial charge on any atom is 0.0894 e. The van der Waals surface area contributed by atoms with Crippen LogP contribution in [0, 0.1) is 5.92 Å². The Labute approximate surface area is 121 Å². The molecule has 102 valence electrons. The predicted molar refractivity (Wildman–Crippen MR) is 79.5 cm³/mol. The van der Waals surface area contributed by atoms with Gasteiger partial charge in [-0.05, 0) is 59.0 Å². The third-order valence-corrected chi connectivity index (χ3v) is 6.06. The first-order valence-corrected chi connectivity index (χ1v) is 8.04. The number of hydrogen-bond donors (Lipinski definition) is 2. The molecule has 0 bridgehead atoms. The molecule has 1 unspecified atom stereocenters. The summed E-state index contributed by atoms with van der Waals surface area (Å²) < 4.78 is 7.02. The first-order valence-electron chi connectivity index (χ1n) is 6.37. The highest BCUT2D eigenvalue weighted by molar-refractivity contribution is 9.10. The van der Waals surface area contributed by atoms with E-state index in [-0.39, 0.29) is 11.6 Å². The largest absolute Gasteiger partial charge is 0.376 e. The van der Waals surface area contributed by atoms with Crippen LogP contribution >= 0.6 is 27.3 Å². The minimum atomic E-state index is -0.172. The van der Waals surface area contributed by atoms with Crippen LogP contribution in [0.1, 0.15) is 43.5 Å². The van der Waals surface area contributed by atoms with Crippen molar-refractivity contribution in [2.75, 3.05) is 7.11 Å². The van der Waals surface area contributed by atoms with Crippen molar-refractivity contribution in [2.24, 2.45) is 11.8 Å². The molecule has 0 aliphatic heterocycles. The summed E-state index contributed by atoms with van der Waals surface area (Å²) in [4.78, 5) is 1.23. The van der Waals surface area contributed by atoms with Crippen LogP contribution in [-0.2, 0) is 4.74 Å². The van der Waals surface area contributed by atoms with Gasteiger partial charge in [-0.1, -0.05) is 6.92 Å². The van der Waals surface area contributed by atoms with Crippen LogP contribution in [0.15, 0.2) is 15.9 Å². The Kier molecular flexibility index (Phi) is 4.83. The maximum absolute atomic E-state index is 5.90. The number of nitrogens with one attached hydrogen (secondary N) is 1. The number of methoxy groups -OCH3 is 1. The van der Waals surface area contributed by atoms with Crippen molar-refractivity contribution in [3.8, 4) is 0 Å². The molecule has 18 heavy (non-hydrogen) atoms. The lowest BCUT2D eigenvalue weighted by molar-refractivity contribution is -0.0754. The lowest BCUT2D eigenvalue weighted by Gasteiger charge is -2.43. The van der Waals surface area contributed by atoms with Gasteiger partial charge >= 0.3 is 0 Å². The van der Waals surface area contributed by atoms with Crippen LogP contribution in [0.4, 0.5) is 0 Å². The number of ether oxygens (including phenoxy) is 1. The van der Waals surface area contributed by atoms with Crippen molar-refractivity contribution >= 4 is 27.3 Å². The van der Waals surface area contributed by atoms with Crippen LogP contribution in [-0.4, -0.2) is 12.7 Å². The molecule has 5 heteroatoms. The lowest BCUT2D eigenvalue weighted by Crippen LogP contribution is -2.49. The summed E-state index contributed by atoms with van der Waals surface area (Å²) in [6, 6.07) is 2.13. The fraction of sp³-hybridized carbons (Fsp3) is 0.692. The third-order valence-electron chi connectivity index (χ3n) is 4.13. The zero-order valence-corrected chi connectivity index (χ0v) is 13.3. The summed E-state index contributed by atoms with van der Waals surface area (Å²) in [5, 5.41) is 2.08. The first-order chi connectivity index (χ1) is 8.63. The summed E-state index contributed by atoms with van der Waals surface area (Å²) in [7, 11) is 1.81. The second-order valence-corrected chi connectivity index (χ2v) is 6.99. The van der Waals surface area contributed by atoms with Gasteiger partial charge in [0.2, 0.25) is 0 Å². The molecular weight excluding hydrogens is 312 g/mol. The lowest BCUT2D eigenvalue weighted by atomic mass is 9.75. The maximum atomic E-state index is 5.90. The van der Waals surface area contributed by atoms with Crippen molar-refractivity contribution in [1.82, 2.24) is 5.43 Å². The molecule has 1 fully saturated rings. The van der Waals surface area contributed by atoms with Crippen LogP contribution in [0.5, 0.6) is 0 Å². The van der Waals surface area contributed by atoms with E-state index in [0.717, 1.165) is 23.2 Å². The van der Waals surface area contributed by atoms with Gasteiger partial charge in [0, 0.05) is 16.5 Å². The van der Waals surface area contributed by atoms with E-state index in [0.29, 0.717) is 0 Å². The van der Waals surface area contributed by atoms with Crippen molar-refractivity contribution in [1.29, 1.82) is 0 Å². The second-order valence-electron chi connectivity index (χ2n) is 5.18. The van der Waals surface area contributed by atoms with E-state index >= 15 is 0 Å². The van der Waals surface area contributed by atoms with Gasteiger partial charge < -0.3 is 4.74 Å². The quantitative estimate of drug-likeness (QED) is 0.654. The van der Waals surface area contributed by atoms with E-state index < -0.39 is 0 Å². The molecule has 0 radical (unpaired) electrons. The van der Waals surface area contributed by atoms with Crippen LogP contribution in [0.2, 0.25) is 0 Å². The molecule has 2 rings (SSSR count). The Morgan fingerprint density at radius 3 is 2.67 bits per heavy atom. The Morgan fingerprint density at radius 1 is 1.56 bits per heavy atom. The first kappa shape index (κ1) is 14.5. The standard InChI is InChI=1S/C13H21BrN2OS/c1-9-3-6-13(17-2,7-4-9)12(16-15)11-10(14)5-8-18-11/h5,8-9,12,16H,3-4,6-7,15H2,1-2H3. The van der Waals surface area contributed by atoms with Crippen molar-refractivity contribution < 1.29 is 4.74 Å². The summed E-state index contributed by atoms with van der Waals surface area (Å²) in [5.74, 6) is 6.61. The number of thiophene rings is 1. The average Bonchev–Trinajstić information content (AvgIpc) is 2.79. The topological polar surface area (TPSA) is 47.3 Å². The molecule has 1 aromatic rings. The minimum Gasteiger partial charge on any atom is -0.376 e. The molecule has 0 saturated heterocycles. The predicted octanol–water partition coefficient (Wildman–Crippen LogP) is 3.61. The highest BCUT2D eigenvalue weighted by atomic mass is 79.9. The van der Waals surface area contributed by atoms with Crippen molar-refractivity contribution in [3.63, 3.8) is 0 Å². The normalized spacial score (nSPS) is 30.3. The molecule has 1 aliphatic rings. The molecule has 3 N–H and O–H groups in total. The van der Waals surface area contributed by atoms with Crippen LogP contribution < -0.4 is 11.3 Å². The zero-order chi connectivity index (χ0) is 13.2. The van der Waals surface area contributed by atoms with Crippen LogP contribution in [0.25, 0.3) is 0 Å². The monoisotopic (exact) mass is 332 g/mol. The summed E-state index contributed by atoms with van der Waals surface area (Å²) >= 11 is 5.32. The van der Waals surface area contributed by atoms with Gasteiger partial charge in [0.1, 0.15) is 0 Å². The van der Waals surface area contributed by atoms with Gasteiger partial charge in [0.25, 0.3) is 0 Å². The van der Waals surface area contributed by atoms with Crippen molar-refractivity contribution in [2.45, 2.75) is 44.2 Å². The molecule has 0 spiro atoms. The summed E-state index contributed by atoms with van der Waals surface area (Å²) in [5.41, 5.74) is 2.81. The van der Waals surface area contributed by atoms with Gasteiger partial charge in [-0.25, -0.2) is 5.43 Å². The Bertz CT molecular complexity index is 388. The fourth-order valence-electron chi connectivity index (χ4n) is 2.84. The average molecular weight is 333 g/mol. The van der Waals surface area contributed by atoms with E-state index in [1.165, 1.54) is 17.7 Å². The highest BCUT2D eigenvalue weighted by Crippen LogP contribution is 2.45. The molecule has 0 amide bonds. The van der Waals surface area contributed by atoms with E-state index in [1.54, 1.807) is 11.3 Å². The van der Waals surface area contributed by atoms with E-state index in [4.69, 9.17) is 10.6 Å². The summed E-state index contributed by atoms with van der Waals surface area (Å²) in [6.07, 6.45) is 4.53. The minimum absolute atomic E-state index is 0.0596. The number of nitrogens with two attached hydrogens (primary N) is 1. The van der Waals surface area contributed by atoms with E-state index in [1.807, 2.05) is 7.11 Å². The summed E-state index contributed by atoms with van der Waals surface area (Å²) in [6.45, 7) is 2.31. The number of halogens is 1. The number of rotatable bonds is 4. The third kappa shape index (κ3) is 2.65. The second kappa shape index (κ2) is 6.01. The van der Waals surface area contributed by atoms with Gasteiger partial charge in [-0.2, -0.15) is 0 Å². The molecule has 1 aliphatic carbocycles. The smallest absolute Gasteiger partial charge is 0.0894 e. The molecule has 1 heterocycles. The van der Waals surface area contributed by atoms with Gasteiger partial charge in [-0.3, -0.25) is 5.84 Å². The fourth-order valence-corrected chi connectivity index (χ4v) is 4.61. The molecule has 1 aromatic heterocycles. The Balaban J connectivity index is 2.27. The Morgan fingerprint density at radius 2 is 2.22 bits per heavy atom. The molecular formula is C13H21BrN2OS. The SMILES string of the molecule is COC1(C(NN)c2sccc2Br)CCC(C)CC1. The van der Waals surface area contributed by atoms with E-state index in [9.17, 15) is 0 Å². The van der Waals surface area contributed by atoms with E-state index in [2.05, 4.69) is 39.7 Å². The Hall–Kier alpha value is 0.0600. The number of hydrazine groups is 1. The van der Waals surface area contributed by atoms with Crippen LogP contribution in [0.3, 0.4) is 0 Å². The van der Waals surface area contributed by atoms with Gasteiger partial charge in [0.05, 0.1) is 11.6 Å². The van der Waals surface area contributed by atoms with Gasteiger partial charge in [-0.15, -0.1) is 11.3 Å². The molecule has 1 saturated carbocycles.